The minimum absolute atomic E-state index is 0.0536. The molecule has 0 aliphatic carbocycles. The summed E-state index contributed by atoms with van der Waals surface area (Å²) in [5.41, 5.74) is 6.78. The number of piperazine rings is 1. The molecule has 1 saturated heterocycles. The van der Waals surface area contributed by atoms with Crippen molar-refractivity contribution in [2.24, 2.45) is 5.41 Å². The number of hydrogen-bond donors (Lipinski definition) is 2. The van der Waals surface area contributed by atoms with E-state index in [0.717, 1.165) is 0 Å². The second kappa shape index (κ2) is 9.17. The highest BCUT2D eigenvalue weighted by molar-refractivity contribution is 6.39. The number of aromatic nitrogens is 1. The van der Waals surface area contributed by atoms with E-state index in [1.165, 1.54) is 23.2 Å². The van der Waals surface area contributed by atoms with Crippen LogP contribution in [0.3, 0.4) is 0 Å². The second-order valence-corrected chi connectivity index (χ2v) is 9.46. The SMILES string of the molecule is Cc1cc(NC(=O)C(=O)N2C[C@@H](C)N(C(=O)C(C)(C)C)C[C@@H]2c2ccc(F)cc2)cnc1N. The van der Waals surface area contributed by atoms with Crippen molar-refractivity contribution in [2.75, 3.05) is 24.1 Å². The van der Waals surface area contributed by atoms with Gasteiger partial charge in [0.05, 0.1) is 17.9 Å². The Hall–Kier alpha value is -3.49. The van der Waals surface area contributed by atoms with Crippen molar-refractivity contribution >= 4 is 29.2 Å². The number of halogens is 1. The second-order valence-electron chi connectivity index (χ2n) is 9.46. The molecule has 2 atom stereocenters. The maximum Gasteiger partial charge on any atom is 0.313 e. The quantitative estimate of drug-likeness (QED) is 0.677. The first-order valence-corrected chi connectivity index (χ1v) is 10.8. The number of anilines is 2. The molecule has 2 aromatic rings. The molecule has 3 rings (SSSR count). The fourth-order valence-electron chi connectivity index (χ4n) is 3.85. The average molecular weight is 456 g/mol. The van der Waals surface area contributed by atoms with Gasteiger partial charge in [-0.2, -0.15) is 0 Å². The predicted molar refractivity (Wildman–Crippen MR) is 124 cm³/mol. The zero-order valence-electron chi connectivity index (χ0n) is 19.6. The third kappa shape index (κ3) is 5.30. The highest BCUT2D eigenvalue weighted by Gasteiger charge is 2.41. The summed E-state index contributed by atoms with van der Waals surface area (Å²) in [6.07, 6.45) is 1.38. The van der Waals surface area contributed by atoms with Gasteiger partial charge in [-0.15, -0.1) is 0 Å². The largest absolute Gasteiger partial charge is 0.383 e. The molecule has 9 heteroatoms. The van der Waals surface area contributed by atoms with Crippen molar-refractivity contribution in [2.45, 2.75) is 46.7 Å². The van der Waals surface area contributed by atoms with Gasteiger partial charge in [0.25, 0.3) is 0 Å². The van der Waals surface area contributed by atoms with Crippen LogP contribution in [0.15, 0.2) is 36.5 Å². The highest BCUT2D eigenvalue weighted by Crippen LogP contribution is 2.31. The Bertz CT molecular complexity index is 1060. The monoisotopic (exact) mass is 455 g/mol. The number of carbonyl (C=O) groups is 3. The molecule has 3 amide bonds. The van der Waals surface area contributed by atoms with Gasteiger partial charge in [0.15, 0.2) is 0 Å². The Morgan fingerprint density at radius 1 is 1.12 bits per heavy atom. The summed E-state index contributed by atoms with van der Waals surface area (Å²) >= 11 is 0. The topological polar surface area (TPSA) is 109 Å². The fraction of sp³-hybridized carbons (Fsp3) is 0.417. The normalized spacial score (nSPS) is 18.7. The molecule has 1 fully saturated rings. The van der Waals surface area contributed by atoms with Gasteiger partial charge in [-0.05, 0) is 43.2 Å². The van der Waals surface area contributed by atoms with E-state index in [-0.39, 0.29) is 25.0 Å². The molecule has 0 saturated carbocycles. The van der Waals surface area contributed by atoms with Crippen molar-refractivity contribution < 1.29 is 18.8 Å². The molecule has 1 aromatic heterocycles. The van der Waals surface area contributed by atoms with Crippen LogP contribution >= 0.6 is 0 Å². The van der Waals surface area contributed by atoms with Crippen molar-refractivity contribution in [3.05, 3.63) is 53.5 Å². The lowest BCUT2D eigenvalue weighted by Gasteiger charge is -2.46. The zero-order valence-corrected chi connectivity index (χ0v) is 19.6. The first-order valence-electron chi connectivity index (χ1n) is 10.8. The van der Waals surface area contributed by atoms with Gasteiger partial charge in [0.1, 0.15) is 11.6 Å². The molecule has 8 nitrogen and oxygen atoms in total. The lowest BCUT2D eigenvalue weighted by molar-refractivity contribution is -0.154. The summed E-state index contributed by atoms with van der Waals surface area (Å²) in [4.78, 5) is 46.2. The molecule has 0 unspecified atom stereocenters. The van der Waals surface area contributed by atoms with Gasteiger partial charge in [0.2, 0.25) is 5.91 Å². The fourth-order valence-corrected chi connectivity index (χ4v) is 3.85. The standard InChI is InChI=1S/C24H30FN5O3/c1-14-10-18(11-27-20(14)26)28-21(31)22(32)30-12-15(2)29(23(33)24(3,4)5)13-19(30)16-6-8-17(25)9-7-16/h6-11,15,19H,12-13H2,1-5H3,(H2,26,27)(H,28,31)/t15-,19-/m1/s1. The molecular weight excluding hydrogens is 425 g/mol. The molecule has 1 aliphatic rings. The minimum atomic E-state index is -0.823. The number of carbonyl (C=O) groups excluding carboxylic acids is 3. The summed E-state index contributed by atoms with van der Waals surface area (Å²) in [5.74, 6) is -1.69. The third-order valence-electron chi connectivity index (χ3n) is 5.73. The van der Waals surface area contributed by atoms with Crippen molar-refractivity contribution in [3.63, 3.8) is 0 Å². The van der Waals surface area contributed by atoms with Crippen LogP contribution in [0.5, 0.6) is 0 Å². The predicted octanol–water partition coefficient (Wildman–Crippen LogP) is 2.90. The molecule has 0 bridgehead atoms. The highest BCUT2D eigenvalue weighted by atomic mass is 19.1. The van der Waals surface area contributed by atoms with Crippen molar-refractivity contribution in [1.29, 1.82) is 0 Å². The number of pyridine rings is 1. The van der Waals surface area contributed by atoms with Crippen LogP contribution in [0.4, 0.5) is 15.9 Å². The van der Waals surface area contributed by atoms with Crippen LogP contribution in [0.25, 0.3) is 0 Å². The van der Waals surface area contributed by atoms with E-state index < -0.39 is 29.1 Å². The smallest absolute Gasteiger partial charge is 0.313 e. The summed E-state index contributed by atoms with van der Waals surface area (Å²) < 4.78 is 13.5. The molecule has 1 aromatic carbocycles. The maximum atomic E-state index is 13.5. The van der Waals surface area contributed by atoms with Gasteiger partial charge in [-0.1, -0.05) is 32.9 Å². The van der Waals surface area contributed by atoms with Gasteiger partial charge in [-0.3, -0.25) is 14.4 Å². The Morgan fingerprint density at radius 3 is 2.33 bits per heavy atom. The molecule has 0 spiro atoms. The van der Waals surface area contributed by atoms with E-state index in [2.05, 4.69) is 10.3 Å². The molecule has 176 valence electrons. The number of rotatable bonds is 2. The minimum Gasteiger partial charge on any atom is -0.383 e. The summed E-state index contributed by atoms with van der Waals surface area (Å²) in [7, 11) is 0. The number of benzene rings is 1. The zero-order chi connectivity index (χ0) is 24.5. The first kappa shape index (κ1) is 24.2. The Kier molecular flexibility index (Phi) is 6.71. The lowest BCUT2D eigenvalue weighted by atomic mass is 9.91. The van der Waals surface area contributed by atoms with Crippen LogP contribution < -0.4 is 11.1 Å². The molecular formula is C24H30FN5O3. The van der Waals surface area contributed by atoms with E-state index in [9.17, 15) is 18.8 Å². The Labute approximate surface area is 193 Å². The van der Waals surface area contributed by atoms with Crippen molar-refractivity contribution in [3.8, 4) is 0 Å². The van der Waals surface area contributed by atoms with Crippen LogP contribution in [0, 0.1) is 18.2 Å². The van der Waals surface area contributed by atoms with Gasteiger partial charge in [0, 0.05) is 24.5 Å². The summed E-state index contributed by atoms with van der Waals surface area (Å²) in [6, 6.07) is 6.47. The Balaban J connectivity index is 1.89. The molecule has 33 heavy (non-hydrogen) atoms. The molecule has 1 aliphatic heterocycles. The summed E-state index contributed by atoms with van der Waals surface area (Å²) in [5, 5.41) is 2.57. The number of nitrogens with one attached hydrogen (secondary N) is 1. The lowest BCUT2D eigenvalue weighted by Crippen LogP contribution is -2.60. The van der Waals surface area contributed by atoms with Crippen LogP contribution in [0.2, 0.25) is 0 Å². The van der Waals surface area contributed by atoms with E-state index in [0.29, 0.717) is 22.6 Å². The average Bonchev–Trinajstić information content (AvgIpc) is 2.75. The van der Waals surface area contributed by atoms with Crippen LogP contribution in [-0.4, -0.2) is 51.6 Å². The molecule has 2 heterocycles. The number of amides is 3. The number of hydrogen-bond acceptors (Lipinski definition) is 5. The van der Waals surface area contributed by atoms with E-state index in [1.807, 2.05) is 27.7 Å². The van der Waals surface area contributed by atoms with Gasteiger partial charge < -0.3 is 20.9 Å². The first-order chi connectivity index (χ1) is 15.4. The van der Waals surface area contributed by atoms with Crippen LogP contribution in [-0.2, 0) is 14.4 Å². The van der Waals surface area contributed by atoms with E-state index >= 15 is 0 Å². The van der Waals surface area contributed by atoms with Crippen molar-refractivity contribution in [1.82, 2.24) is 14.8 Å². The third-order valence-corrected chi connectivity index (χ3v) is 5.73. The maximum absolute atomic E-state index is 13.5. The van der Waals surface area contributed by atoms with E-state index in [1.54, 1.807) is 30.0 Å². The Morgan fingerprint density at radius 2 is 1.76 bits per heavy atom. The molecule has 0 radical (unpaired) electrons. The van der Waals surface area contributed by atoms with E-state index in [4.69, 9.17) is 5.73 Å². The van der Waals surface area contributed by atoms with Gasteiger partial charge >= 0.3 is 11.8 Å². The van der Waals surface area contributed by atoms with Crippen LogP contribution in [0.1, 0.15) is 44.9 Å². The number of aryl methyl sites for hydroxylation is 1. The molecule has 3 N–H and O–H groups in total. The number of nitrogen functional groups attached to an aromatic ring is 1. The number of nitrogens with two attached hydrogens (primary N) is 1. The van der Waals surface area contributed by atoms with Gasteiger partial charge in [-0.25, -0.2) is 9.37 Å². The number of nitrogens with zero attached hydrogens (tertiary/aromatic N) is 3. The summed E-state index contributed by atoms with van der Waals surface area (Å²) in [6.45, 7) is 9.46.